The molecular formula is C18H17BrN4O. The molecule has 122 valence electrons. The molecule has 2 N–H and O–H groups in total. The molecule has 0 aliphatic carbocycles. The number of anilines is 1. The summed E-state index contributed by atoms with van der Waals surface area (Å²) >= 11 is 3.43. The van der Waals surface area contributed by atoms with Gasteiger partial charge in [0.15, 0.2) is 5.82 Å². The van der Waals surface area contributed by atoms with Crippen molar-refractivity contribution in [2.24, 2.45) is 0 Å². The van der Waals surface area contributed by atoms with E-state index >= 15 is 0 Å². The number of halogens is 1. The van der Waals surface area contributed by atoms with Crippen LogP contribution in [-0.2, 0) is 6.42 Å². The number of H-pyrrole nitrogens is 1. The van der Waals surface area contributed by atoms with E-state index in [2.05, 4.69) is 36.2 Å². The van der Waals surface area contributed by atoms with E-state index in [1.807, 2.05) is 49.4 Å². The number of nitrogens with one attached hydrogen (secondary N) is 2. The molecule has 0 spiro atoms. The van der Waals surface area contributed by atoms with Crippen LogP contribution in [0.3, 0.4) is 0 Å². The van der Waals surface area contributed by atoms with E-state index in [-0.39, 0.29) is 5.56 Å². The zero-order chi connectivity index (χ0) is 16.9. The van der Waals surface area contributed by atoms with Gasteiger partial charge < -0.3 is 10.3 Å². The molecule has 0 aliphatic rings. The molecule has 5 nitrogen and oxygen atoms in total. The van der Waals surface area contributed by atoms with E-state index < -0.39 is 0 Å². The van der Waals surface area contributed by atoms with Gasteiger partial charge in [-0.1, -0.05) is 34.1 Å². The van der Waals surface area contributed by atoms with Crippen molar-refractivity contribution in [3.05, 3.63) is 74.7 Å². The highest BCUT2D eigenvalue weighted by molar-refractivity contribution is 9.10. The summed E-state index contributed by atoms with van der Waals surface area (Å²) in [7, 11) is 0. The van der Waals surface area contributed by atoms with Gasteiger partial charge in [-0.15, -0.1) is 0 Å². The molecule has 3 rings (SSSR count). The lowest BCUT2D eigenvalue weighted by atomic mass is 10.2. The van der Waals surface area contributed by atoms with Gasteiger partial charge in [-0.05, 0) is 31.5 Å². The molecule has 0 amide bonds. The maximum Gasteiger partial charge on any atom is 0.251 e. The monoisotopic (exact) mass is 384 g/mol. The van der Waals surface area contributed by atoms with Crippen LogP contribution in [0.25, 0.3) is 11.4 Å². The first-order valence-electron chi connectivity index (χ1n) is 7.64. The Hall–Kier alpha value is -2.47. The minimum absolute atomic E-state index is 0.0475. The van der Waals surface area contributed by atoms with Crippen LogP contribution in [0.4, 0.5) is 5.82 Å². The van der Waals surface area contributed by atoms with Crippen molar-refractivity contribution in [3.8, 4) is 11.4 Å². The predicted octanol–water partition coefficient (Wildman–Crippen LogP) is 3.56. The summed E-state index contributed by atoms with van der Waals surface area (Å²) in [6, 6.07) is 13.5. The van der Waals surface area contributed by atoms with Crippen molar-refractivity contribution in [2.75, 3.05) is 11.9 Å². The van der Waals surface area contributed by atoms with Gasteiger partial charge in [-0.3, -0.25) is 4.79 Å². The van der Waals surface area contributed by atoms with E-state index in [1.54, 1.807) is 6.20 Å². The summed E-state index contributed by atoms with van der Waals surface area (Å²) in [5.74, 6) is 1.44. The first-order valence-corrected chi connectivity index (χ1v) is 8.43. The van der Waals surface area contributed by atoms with Gasteiger partial charge in [0.05, 0.1) is 0 Å². The van der Waals surface area contributed by atoms with E-state index in [0.717, 1.165) is 27.1 Å². The summed E-state index contributed by atoms with van der Waals surface area (Å²) in [5, 5.41) is 3.27. The Morgan fingerprint density at radius 1 is 1.17 bits per heavy atom. The van der Waals surface area contributed by atoms with Crippen molar-refractivity contribution in [1.82, 2.24) is 15.0 Å². The summed E-state index contributed by atoms with van der Waals surface area (Å²) < 4.78 is 1.02. The van der Waals surface area contributed by atoms with Crippen LogP contribution >= 0.6 is 15.9 Å². The number of aromatic nitrogens is 3. The largest absolute Gasteiger partial charge is 0.370 e. The molecule has 0 aliphatic heterocycles. The lowest BCUT2D eigenvalue weighted by Crippen LogP contribution is -2.15. The lowest BCUT2D eigenvalue weighted by molar-refractivity contribution is 0.968. The number of aromatic amines is 1. The van der Waals surface area contributed by atoms with Gasteiger partial charge in [0.25, 0.3) is 5.56 Å². The van der Waals surface area contributed by atoms with Crippen molar-refractivity contribution in [3.63, 3.8) is 0 Å². The molecule has 0 fully saturated rings. The standard InChI is InChI=1S/C18H17BrN4O/c1-12-11-16(20-10-8-14-3-2-9-21-18(14)24)23-17(22-12)13-4-6-15(19)7-5-13/h2-7,9,11H,8,10H2,1H3,(H,21,24)(H,20,22,23). The molecule has 6 heteroatoms. The van der Waals surface area contributed by atoms with Gasteiger partial charge in [0, 0.05) is 40.1 Å². The Morgan fingerprint density at radius 3 is 2.71 bits per heavy atom. The topological polar surface area (TPSA) is 70.7 Å². The second-order valence-electron chi connectivity index (χ2n) is 5.43. The molecule has 2 aromatic heterocycles. The van der Waals surface area contributed by atoms with Crippen LogP contribution in [0.2, 0.25) is 0 Å². The van der Waals surface area contributed by atoms with E-state index in [1.165, 1.54) is 0 Å². The second-order valence-corrected chi connectivity index (χ2v) is 6.34. The Labute approximate surface area is 148 Å². The predicted molar refractivity (Wildman–Crippen MR) is 99.2 cm³/mol. The highest BCUT2D eigenvalue weighted by atomic mass is 79.9. The quantitative estimate of drug-likeness (QED) is 0.705. The van der Waals surface area contributed by atoms with Crippen LogP contribution in [-0.4, -0.2) is 21.5 Å². The Morgan fingerprint density at radius 2 is 1.96 bits per heavy atom. The second kappa shape index (κ2) is 7.40. The maximum absolute atomic E-state index is 11.7. The van der Waals surface area contributed by atoms with E-state index in [9.17, 15) is 4.79 Å². The third kappa shape index (κ3) is 4.08. The third-order valence-electron chi connectivity index (χ3n) is 3.56. The number of pyridine rings is 1. The van der Waals surface area contributed by atoms with E-state index in [0.29, 0.717) is 18.8 Å². The highest BCUT2D eigenvalue weighted by Crippen LogP contribution is 2.20. The summed E-state index contributed by atoms with van der Waals surface area (Å²) in [4.78, 5) is 23.4. The van der Waals surface area contributed by atoms with Crippen molar-refractivity contribution < 1.29 is 0 Å². The fourth-order valence-electron chi connectivity index (χ4n) is 2.37. The summed E-state index contributed by atoms with van der Waals surface area (Å²) in [5.41, 5.74) is 2.56. The number of benzene rings is 1. The Bertz CT molecular complexity index is 890. The van der Waals surface area contributed by atoms with Crippen molar-refractivity contribution >= 4 is 21.7 Å². The van der Waals surface area contributed by atoms with Crippen molar-refractivity contribution in [2.45, 2.75) is 13.3 Å². The lowest BCUT2D eigenvalue weighted by Gasteiger charge is -2.09. The molecule has 1 aromatic carbocycles. The summed E-state index contributed by atoms with van der Waals surface area (Å²) in [6.07, 6.45) is 2.27. The van der Waals surface area contributed by atoms with Gasteiger partial charge >= 0.3 is 0 Å². The number of nitrogens with zero attached hydrogens (tertiary/aromatic N) is 2. The average Bonchev–Trinajstić information content (AvgIpc) is 2.57. The zero-order valence-electron chi connectivity index (χ0n) is 13.2. The molecule has 0 saturated heterocycles. The molecule has 0 radical (unpaired) electrons. The molecule has 2 heterocycles. The molecule has 0 saturated carbocycles. The van der Waals surface area contributed by atoms with E-state index in [4.69, 9.17) is 0 Å². The molecule has 0 atom stereocenters. The van der Waals surface area contributed by atoms with Crippen LogP contribution < -0.4 is 10.9 Å². The molecule has 0 bridgehead atoms. The minimum atomic E-state index is -0.0475. The molecule has 24 heavy (non-hydrogen) atoms. The van der Waals surface area contributed by atoms with Gasteiger partial charge in [0.1, 0.15) is 5.82 Å². The fraction of sp³-hybridized carbons (Fsp3) is 0.167. The Balaban J connectivity index is 1.73. The van der Waals surface area contributed by atoms with Gasteiger partial charge in [-0.25, -0.2) is 9.97 Å². The normalized spacial score (nSPS) is 10.6. The SMILES string of the molecule is Cc1cc(NCCc2ccc[nH]c2=O)nc(-c2ccc(Br)cc2)n1. The minimum Gasteiger partial charge on any atom is -0.370 e. The number of hydrogen-bond acceptors (Lipinski definition) is 4. The number of hydrogen-bond donors (Lipinski definition) is 2. The van der Waals surface area contributed by atoms with Crippen molar-refractivity contribution in [1.29, 1.82) is 0 Å². The van der Waals surface area contributed by atoms with Gasteiger partial charge in [-0.2, -0.15) is 0 Å². The molecule has 3 aromatic rings. The molecule has 0 unspecified atom stereocenters. The third-order valence-corrected chi connectivity index (χ3v) is 4.09. The average molecular weight is 385 g/mol. The zero-order valence-corrected chi connectivity index (χ0v) is 14.8. The first kappa shape index (κ1) is 16.4. The fourth-order valence-corrected chi connectivity index (χ4v) is 2.63. The van der Waals surface area contributed by atoms with Crippen LogP contribution in [0.5, 0.6) is 0 Å². The van der Waals surface area contributed by atoms with Crippen LogP contribution in [0.1, 0.15) is 11.3 Å². The smallest absolute Gasteiger partial charge is 0.251 e. The van der Waals surface area contributed by atoms with Gasteiger partial charge in [0.2, 0.25) is 0 Å². The first-order chi connectivity index (χ1) is 11.6. The number of aryl methyl sites for hydroxylation is 1. The Kier molecular flexibility index (Phi) is 5.05. The van der Waals surface area contributed by atoms with Crippen LogP contribution in [0.15, 0.2) is 57.9 Å². The number of rotatable bonds is 5. The van der Waals surface area contributed by atoms with Crippen LogP contribution in [0, 0.1) is 6.92 Å². The maximum atomic E-state index is 11.7. The highest BCUT2D eigenvalue weighted by Gasteiger charge is 2.05. The summed E-state index contributed by atoms with van der Waals surface area (Å²) in [6.45, 7) is 2.57. The molecular weight excluding hydrogens is 368 g/mol.